The SMILES string of the molecule is CC(C)c1nc(C(=O)NC(C)(C(=O)O)C(F)(F)F)n[nH]1. The number of rotatable bonds is 4. The molecule has 0 aromatic carbocycles. The molecule has 0 aliphatic heterocycles. The van der Waals surface area contributed by atoms with E-state index in [0.717, 1.165) is 0 Å². The van der Waals surface area contributed by atoms with E-state index in [1.54, 1.807) is 13.8 Å². The van der Waals surface area contributed by atoms with Crippen LogP contribution in [0.4, 0.5) is 13.2 Å². The Morgan fingerprint density at radius 1 is 1.35 bits per heavy atom. The minimum atomic E-state index is -5.16. The van der Waals surface area contributed by atoms with Crippen LogP contribution in [-0.2, 0) is 4.79 Å². The van der Waals surface area contributed by atoms with Gasteiger partial charge in [0.05, 0.1) is 0 Å². The van der Waals surface area contributed by atoms with Crippen LogP contribution in [0.1, 0.15) is 43.1 Å². The predicted molar refractivity (Wildman–Crippen MR) is 60.0 cm³/mol. The van der Waals surface area contributed by atoms with Crippen LogP contribution in [0.5, 0.6) is 0 Å². The van der Waals surface area contributed by atoms with Crippen LogP contribution in [0.15, 0.2) is 0 Å². The number of nitrogens with zero attached hydrogens (tertiary/aromatic N) is 2. The van der Waals surface area contributed by atoms with Gasteiger partial charge in [-0.15, -0.1) is 5.10 Å². The maximum absolute atomic E-state index is 12.7. The molecular formula is C10H13F3N4O3. The molecule has 7 nitrogen and oxygen atoms in total. The first kappa shape index (κ1) is 15.9. The van der Waals surface area contributed by atoms with Gasteiger partial charge in [0.1, 0.15) is 5.82 Å². The largest absolute Gasteiger partial charge is 0.479 e. The third kappa shape index (κ3) is 2.89. The van der Waals surface area contributed by atoms with Crippen molar-refractivity contribution in [1.82, 2.24) is 20.5 Å². The molecule has 0 aliphatic carbocycles. The summed E-state index contributed by atoms with van der Waals surface area (Å²) < 4.78 is 38.2. The maximum Gasteiger partial charge on any atom is 0.422 e. The van der Waals surface area contributed by atoms with E-state index in [4.69, 9.17) is 5.11 Å². The molecule has 0 spiro atoms. The van der Waals surface area contributed by atoms with Crippen LogP contribution in [0, 0.1) is 0 Å². The molecule has 0 aliphatic rings. The van der Waals surface area contributed by atoms with Crippen molar-refractivity contribution in [2.24, 2.45) is 0 Å². The average molecular weight is 294 g/mol. The zero-order valence-corrected chi connectivity index (χ0v) is 10.9. The number of aliphatic carboxylic acids is 1. The van der Waals surface area contributed by atoms with E-state index in [-0.39, 0.29) is 5.92 Å². The molecule has 1 atom stereocenters. The van der Waals surface area contributed by atoms with Crippen molar-refractivity contribution in [3.05, 3.63) is 11.6 Å². The van der Waals surface area contributed by atoms with Crippen molar-refractivity contribution in [2.75, 3.05) is 0 Å². The maximum atomic E-state index is 12.7. The number of carboxylic acid groups (broad SMARTS) is 1. The third-order valence-corrected chi connectivity index (χ3v) is 2.61. The molecule has 1 rings (SSSR count). The second-order valence-electron chi connectivity index (χ2n) is 4.58. The van der Waals surface area contributed by atoms with Crippen LogP contribution < -0.4 is 5.32 Å². The highest BCUT2D eigenvalue weighted by Gasteiger charge is 2.58. The van der Waals surface area contributed by atoms with E-state index in [2.05, 4.69) is 15.2 Å². The Bertz CT molecular complexity index is 526. The highest BCUT2D eigenvalue weighted by atomic mass is 19.4. The number of H-pyrrole nitrogens is 1. The molecule has 112 valence electrons. The van der Waals surface area contributed by atoms with Gasteiger partial charge >= 0.3 is 12.1 Å². The number of hydrogen-bond acceptors (Lipinski definition) is 4. The molecule has 10 heteroatoms. The van der Waals surface area contributed by atoms with Gasteiger partial charge < -0.3 is 10.4 Å². The number of carboxylic acids is 1. The van der Waals surface area contributed by atoms with E-state index in [1.165, 1.54) is 5.32 Å². The minimum Gasteiger partial charge on any atom is -0.479 e. The number of carbonyl (C=O) groups excluding carboxylic acids is 1. The number of aromatic amines is 1. The lowest BCUT2D eigenvalue weighted by Crippen LogP contribution is -2.62. The van der Waals surface area contributed by atoms with Crippen LogP contribution in [-0.4, -0.2) is 43.9 Å². The Kier molecular flexibility index (Phi) is 4.06. The molecule has 0 bridgehead atoms. The van der Waals surface area contributed by atoms with Gasteiger partial charge in [0.25, 0.3) is 5.91 Å². The van der Waals surface area contributed by atoms with Crippen LogP contribution in [0.25, 0.3) is 0 Å². The van der Waals surface area contributed by atoms with E-state index in [1.807, 2.05) is 0 Å². The lowest BCUT2D eigenvalue weighted by molar-refractivity contribution is -0.203. The predicted octanol–water partition coefficient (Wildman–Crippen LogP) is 1.06. The Hall–Kier alpha value is -2.13. The molecule has 1 amide bonds. The molecule has 1 unspecified atom stereocenters. The fourth-order valence-electron chi connectivity index (χ4n) is 1.16. The zero-order chi connectivity index (χ0) is 15.7. The van der Waals surface area contributed by atoms with Crippen molar-refractivity contribution in [1.29, 1.82) is 0 Å². The third-order valence-electron chi connectivity index (χ3n) is 2.61. The van der Waals surface area contributed by atoms with E-state index < -0.39 is 29.4 Å². The van der Waals surface area contributed by atoms with Gasteiger partial charge in [0.2, 0.25) is 11.4 Å². The number of aromatic nitrogens is 3. The molecule has 1 heterocycles. The molecule has 20 heavy (non-hydrogen) atoms. The quantitative estimate of drug-likeness (QED) is 0.769. The number of carbonyl (C=O) groups is 2. The first-order chi connectivity index (χ1) is 8.99. The molecule has 0 fully saturated rings. The minimum absolute atomic E-state index is 0.113. The van der Waals surface area contributed by atoms with Crippen LogP contribution in [0.3, 0.4) is 0 Å². The van der Waals surface area contributed by atoms with Crippen LogP contribution >= 0.6 is 0 Å². The lowest BCUT2D eigenvalue weighted by Gasteiger charge is -2.27. The highest BCUT2D eigenvalue weighted by molar-refractivity contribution is 5.95. The fraction of sp³-hybridized carbons (Fsp3) is 0.600. The van der Waals surface area contributed by atoms with Gasteiger partial charge in [-0.2, -0.15) is 13.2 Å². The molecule has 3 N–H and O–H groups in total. The fourth-order valence-corrected chi connectivity index (χ4v) is 1.16. The number of nitrogens with one attached hydrogen (secondary N) is 2. The van der Waals surface area contributed by atoms with Crippen molar-refractivity contribution < 1.29 is 27.9 Å². The Morgan fingerprint density at radius 3 is 2.25 bits per heavy atom. The summed E-state index contributed by atoms with van der Waals surface area (Å²) >= 11 is 0. The van der Waals surface area contributed by atoms with E-state index in [0.29, 0.717) is 12.7 Å². The second-order valence-corrected chi connectivity index (χ2v) is 4.58. The normalized spacial score (nSPS) is 14.9. The first-order valence-corrected chi connectivity index (χ1v) is 5.54. The van der Waals surface area contributed by atoms with Gasteiger partial charge in [0.15, 0.2) is 0 Å². The van der Waals surface area contributed by atoms with Gasteiger partial charge in [-0.05, 0) is 6.92 Å². The van der Waals surface area contributed by atoms with Crippen molar-refractivity contribution >= 4 is 11.9 Å². The van der Waals surface area contributed by atoms with E-state index >= 15 is 0 Å². The number of alkyl halides is 3. The monoisotopic (exact) mass is 294 g/mol. The number of hydrogen-bond donors (Lipinski definition) is 3. The molecule has 0 radical (unpaired) electrons. The molecule has 0 saturated carbocycles. The summed E-state index contributed by atoms with van der Waals surface area (Å²) in [6.07, 6.45) is -5.16. The molecular weight excluding hydrogens is 281 g/mol. The van der Waals surface area contributed by atoms with E-state index in [9.17, 15) is 22.8 Å². The molecule has 1 aromatic rings. The summed E-state index contributed by atoms with van der Waals surface area (Å²) in [5.41, 5.74) is -3.41. The Labute approximate surface area is 111 Å². The highest BCUT2D eigenvalue weighted by Crippen LogP contribution is 2.30. The Morgan fingerprint density at radius 2 is 1.90 bits per heavy atom. The zero-order valence-electron chi connectivity index (χ0n) is 10.9. The molecule has 0 saturated heterocycles. The summed E-state index contributed by atoms with van der Waals surface area (Å²) in [7, 11) is 0. The topological polar surface area (TPSA) is 108 Å². The summed E-state index contributed by atoms with van der Waals surface area (Å²) in [6.45, 7) is 3.82. The van der Waals surface area contributed by atoms with Crippen molar-refractivity contribution in [3.63, 3.8) is 0 Å². The number of amides is 1. The van der Waals surface area contributed by atoms with Gasteiger partial charge in [0, 0.05) is 5.92 Å². The van der Waals surface area contributed by atoms with Gasteiger partial charge in [-0.25, -0.2) is 9.78 Å². The average Bonchev–Trinajstić information content (AvgIpc) is 2.76. The smallest absolute Gasteiger partial charge is 0.422 e. The summed E-state index contributed by atoms with van der Waals surface area (Å²) in [5, 5.41) is 15.9. The Balaban J connectivity index is 3.00. The summed E-state index contributed by atoms with van der Waals surface area (Å²) in [5.74, 6) is -3.91. The first-order valence-electron chi connectivity index (χ1n) is 5.54. The summed E-state index contributed by atoms with van der Waals surface area (Å²) in [6, 6.07) is 0. The summed E-state index contributed by atoms with van der Waals surface area (Å²) in [4.78, 5) is 26.1. The van der Waals surface area contributed by atoms with Gasteiger partial charge in [-0.3, -0.25) is 9.89 Å². The molecule has 1 aromatic heterocycles. The second kappa shape index (κ2) is 5.10. The van der Waals surface area contributed by atoms with Gasteiger partial charge in [-0.1, -0.05) is 13.8 Å². The number of halogens is 3. The lowest BCUT2D eigenvalue weighted by atomic mass is 10.0. The van der Waals surface area contributed by atoms with Crippen molar-refractivity contribution in [2.45, 2.75) is 38.4 Å². The van der Waals surface area contributed by atoms with Crippen molar-refractivity contribution in [3.8, 4) is 0 Å². The standard InChI is InChI=1S/C10H13F3N4O3/c1-4(2)5-14-6(17-16-5)7(18)15-9(3,8(19)20)10(11,12)13/h4H,1-3H3,(H,15,18)(H,19,20)(H,14,16,17). The van der Waals surface area contributed by atoms with Crippen LogP contribution in [0.2, 0.25) is 0 Å².